The molecule has 2 unspecified atom stereocenters. The Morgan fingerprint density at radius 1 is 1.17 bits per heavy atom. The van der Waals surface area contributed by atoms with Gasteiger partial charge in [0, 0.05) is 5.54 Å². The molecular formula is C11H19N. The van der Waals surface area contributed by atoms with Crippen LogP contribution in [0.1, 0.15) is 44.9 Å². The van der Waals surface area contributed by atoms with Crippen molar-refractivity contribution in [2.45, 2.75) is 50.5 Å². The molecule has 3 fully saturated rings. The highest BCUT2D eigenvalue weighted by atomic mass is 14.9. The molecule has 0 heterocycles. The fourth-order valence-corrected chi connectivity index (χ4v) is 2.95. The van der Waals surface area contributed by atoms with Crippen LogP contribution in [0, 0.1) is 17.8 Å². The van der Waals surface area contributed by atoms with E-state index < -0.39 is 0 Å². The van der Waals surface area contributed by atoms with Crippen LogP contribution in [0.15, 0.2) is 0 Å². The van der Waals surface area contributed by atoms with Crippen molar-refractivity contribution in [1.82, 2.24) is 0 Å². The first kappa shape index (κ1) is 7.37. The van der Waals surface area contributed by atoms with Crippen LogP contribution in [-0.2, 0) is 0 Å². The molecular weight excluding hydrogens is 146 g/mol. The Hall–Kier alpha value is -0.0400. The summed E-state index contributed by atoms with van der Waals surface area (Å²) in [5.74, 6) is 3.01. The van der Waals surface area contributed by atoms with Crippen molar-refractivity contribution in [1.29, 1.82) is 0 Å². The molecule has 0 aromatic heterocycles. The standard InChI is InChI=1S/C11H19N/c12-11(6-8-2-1-3-8)7-10(11)9-4-5-9/h8-10H,1-7,12H2. The highest BCUT2D eigenvalue weighted by Gasteiger charge is 2.57. The zero-order valence-electron chi connectivity index (χ0n) is 7.76. The topological polar surface area (TPSA) is 26.0 Å². The van der Waals surface area contributed by atoms with Gasteiger partial charge in [-0.05, 0) is 43.4 Å². The molecule has 3 aliphatic carbocycles. The van der Waals surface area contributed by atoms with Gasteiger partial charge in [-0.3, -0.25) is 0 Å². The van der Waals surface area contributed by atoms with Crippen molar-refractivity contribution in [3.63, 3.8) is 0 Å². The van der Waals surface area contributed by atoms with Gasteiger partial charge in [0.1, 0.15) is 0 Å². The molecule has 0 aliphatic heterocycles. The van der Waals surface area contributed by atoms with Gasteiger partial charge in [0.15, 0.2) is 0 Å². The van der Waals surface area contributed by atoms with Gasteiger partial charge >= 0.3 is 0 Å². The summed E-state index contributed by atoms with van der Waals surface area (Å²) in [7, 11) is 0. The molecule has 3 aliphatic rings. The van der Waals surface area contributed by atoms with Crippen molar-refractivity contribution in [3.8, 4) is 0 Å². The summed E-state index contributed by atoms with van der Waals surface area (Å²) < 4.78 is 0. The largest absolute Gasteiger partial charge is 0.325 e. The Labute approximate surface area is 74.7 Å². The van der Waals surface area contributed by atoms with Crippen LogP contribution in [0.4, 0.5) is 0 Å². The van der Waals surface area contributed by atoms with Crippen molar-refractivity contribution in [2.75, 3.05) is 0 Å². The Kier molecular flexibility index (Phi) is 1.39. The summed E-state index contributed by atoms with van der Waals surface area (Å²) in [6.07, 6.45) is 10.1. The third kappa shape index (κ3) is 1.10. The van der Waals surface area contributed by atoms with Gasteiger partial charge in [0.05, 0.1) is 0 Å². The predicted molar refractivity (Wildman–Crippen MR) is 49.7 cm³/mol. The Bertz CT molecular complexity index is 193. The summed E-state index contributed by atoms with van der Waals surface area (Å²) in [5.41, 5.74) is 6.67. The van der Waals surface area contributed by atoms with Gasteiger partial charge in [-0.2, -0.15) is 0 Å². The van der Waals surface area contributed by atoms with Crippen molar-refractivity contribution < 1.29 is 0 Å². The molecule has 0 radical (unpaired) electrons. The normalized spacial score (nSPS) is 47.2. The summed E-state index contributed by atoms with van der Waals surface area (Å²) in [6, 6.07) is 0. The zero-order chi connectivity index (χ0) is 8.18. The van der Waals surface area contributed by atoms with E-state index in [-0.39, 0.29) is 0 Å². The summed E-state index contributed by atoms with van der Waals surface area (Å²) in [6.45, 7) is 0. The minimum Gasteiger partial charge on any atom is -0.325 e. The fourth-order valence-electron chi connectivity index (χ4n) is 2.95. The number of rotatable bonds is 3. The van der Waals surface area contributed by atoms with E-state index in [4.69, 9.17) is 5.73 Å². The highest BCUT2D eigenvalue weighted by Crippen LogP contribution is 2.59. The van der Waals surface area contributed by atoms with Gasteiger partial charge in [-0.1, -0.05) is 19.3 Å². The molecule has 2 N–H and O–H groups in total. The molecule has 0 bridgehead atoms. The number of nitrogens with two attached hydrogens (primary N) is 1. The van der Waals surface area contributed by atoms with Crippen LogP contribution < -0.4 is 5.73 Å². The van der Waals surface area contributed by atoms with Crippen LogP contribution in [0.25, 0.3) is 0 Å². The molecule has 3 saturated carbocycles. The molecule has 2 atom stereocenters. The van der Waals surface area contributed by atoms with E-state index >= 15 is 0 Å². The minimum absolute atomic E-state index is 0.326. The molecule has 1 nitrogen and oxygen atoms in total. The van der Waals surface area contributed by atoms with Crippen molar-refractivity contribution in [3.05, 3.63) is 0 Å². The third-order valence-electron chi connectivity index (χ3n) is 4.26. The SMILES string of the molecule is NC1(CC2CCC2)CC1C1CC1. The quantitative estimate of drug-likeness (QED) is 0.682. The molecule has 3 rings (SSSR count). The second-order valence-corrected chi connectivity index (χ2v) is 5.38. The summed E-state index contributed by atoms with van der Waals surface area (Å²) in [5, 5.41) is 0. The Balaban J connectivity index is 1.54. The summed E-state index contributed by atoms with van der Waals surface area (Å²) in [4.78, 5) is 0. The predicted octanol–water partition coefficient (Wildman–Crippen LogP) is 2.30. The maximum absolute atomic E-state index is 6.34. The Morgan fingerprint density at radius 3 is 2.42 bits per heavy atom. The molecule has 68 valence electrons. The van der Waals surface area contributed by atoms with Gasteiger partial charge < -0.3 is 5.73 Å². The first-order valence-electron chi connectivity index (χ1n) is 5.57. The van der Waals surface area contributed by atoms with Gasteiger partial charge in [0.2, 0.25) is 0 Å². The van der Waals surface area contributed by atoms with E-state index in [0.717, 1.165) is 17.8 Å². The van der Waals surface area contributed by atoms with Gasteiger partial charge in [0.25, 0.3) is 0 Å². The monoisotopic (exact) mass is 165 g/mol. The molecule has 0 amide bonds. The highest BCUT2D eigenvalue weighted by molar-refractivity contribution is 5.13. The van der Waals surface area contributed by atoms with E-state index in [1.165, 1.54) is 44.9 Å². The number of hydrogen-bond acceptors (Lipinski definition) is 1. The molecule has 12 heavy (non-hydrogen) atoms. The zero-order valence-corrected chi connectivity index (χ0v) is 7.76. The second-order valence-electron chi connectivity index (χ2n) is 5.38. The van der Waals surface area contributed by atoms with Crippen LogP contribution in [0.2, 0.25) is 0 Å². The fraction of sp³-hybridized carbons (Fsp3) is 1.00. The lowest BCUT2D eigenvalue weighted by molar-refractivity contribution is 0.261. The Morgan fingerprint density at radius 2 is 1.92 bits per heavy atom. The second kappa shape index (κ2) is 2.25. The van der Waals surface area contributed by atoms with Crippen LogP contribution in [-0.4, -0.2) is 5.54 Å². The molecule has 0 saturated heterocycles. The maximum atomic E-state index is 6.34. The van der Waals surface area contributed by atoms with Gasteiger partial charge in [-0.25, -0.2) is 0 Å². The minimum atomic E-state index is 0.326. The molecule has 0 aromatic rings. The number of hydrogen-bond donors (Lipinski definition) is 1. The van der Waals surface area contributed by atoms with E-state index in [1.54, 1.807) is 0 Å². The van der Waals surface area contributed by atoms with Crippen LogP contribution in [0.3, 0.4) is 0 Å². The van der Waals surface area contributed by atoms with Gasteiger partial charge in [-0.15, -0.1) is 0 Å². The van der Waals surface area contributed by atoms with Crippen molar-refractivity contribution in [2.24, 2.45) is 23.5 Å². The van der Waals surface area contributed by atoms with E-state index in [9.17, 15) is 0 Å². The van der Waals surface area contributed by atoms with Crippen molar-refractivity contribution >= 4 is 0 Å². The van der Waals surface area contributed by atoms with Crippen LogP contribution in [0.5, 0.6) is 0 Å². The van der Waals surface area contributed by atoms with E-state index in [2.05, 4.69) is 0 Å². The average molecular weight is 165 g/mol. The maximum Gasteiger partial charge on any atom is 0.0192 e. The first-order chi connectivity index (χ1) is 5.78. The smallest absolute Gasteiger partial charge is 0.0192 e. The molecule has 0 aromatic carbocycles. The third-order valence-corrected chi connectivity index (χ3v) is 4.26. The van der Waals surface area contributed by atoms with E-state index in [0.29, 0.717) is 5.54 Å². The molecule has 0 spiro atoms. The lowest BCUT2D eigenvalue weighted by Gasteiger charge is -2.28. The lowest BCUT2D eigenvalue weighted by atomic mass is 9.79. The first-order valence-corrected chi connectivity index (χ1v) is 5.57. The average Bonchev–Trinajstić information content (AvgIpc) is 2.74. The van der Waals surface area contributed by atoms with E-state index in [1.807, 2.05) is 0 Å². The lowest BCUT2D eigenvalue weighted by Crippen LogP contribution is -2.31. The molecule has 1 heteroatoms. The summed E-state index contributed by atoms with van der Waals surface area (Å²) >= 11 is 0. The van der Waals surface area contributed by atoms with Crippen LogP contribution >= 0.6 is 0 Å².